The van der Waals surface area contributed by atoms with Gasteiger partial charge >= 0.3 is 0 Å². The van der Waals surface area contributed by atoms with Crippen molar-refractivity contribution in [2.45, 2.75) is 13.0 Å². The van der Waals surface area contributed by atoms with E-state index in [4.69, 9.17) is 34.8 Å². The molecule has 0 aliphatic carbocycles. The van der Waals surface area contributed by atoms with Crippen molar-refractivity contribution in [2.75, 3.05) is 11.4 Å². The van der Waals surface area contributed by atoms with E-state index in [9.17, 15) is 0 Å². The van der Waals surface area contributed by atoms with Crippen LogP contribution in [-0.4, -0.2) is 26.5 Å². The molecule has 0 fully saturated rings. The average Bonchev–Trinajstić information content (AvgIpc) is 2.62. The molecule has 4 rings (SSSR count). The van der Waals surface area contributed by atoms with Gasteiger partial charge in [0.05, 0.1) is 24.8 Å². The fourth-order valence-corrected chi connectivity index (χ4v) is 2.98. The van der Waals surface area contributed by atoms with Crippen molar-refractivity contribution >= 4 is 40.6 Å². The number of aromatic nitrogens is 4. The summed E-state index contributed by atoms with van der Waals surface area (Å²) in [6.45, 7) is 1.84. The second kappa shape index (κ2) is 8.43. The summed E-state index contributed by atoms with van der Waals surface area (Å²) in [6.07, 6.45) is 7.22. The topological polar surface area (TPSA) is 54.8 Å². The maximum Gasteiger partial charge on any atom is 0.149 e. The Balaban J connectivity index is 0.000000192. The van der Waals surface area contributed by atoms with Gasteiger partial charge in [-0.1, -0.05) is 59.1 Å². The first-order valence-corrected chi connectivity index (χ1v) is 8.67. The first-order chi connectivity index (χ1) is 12.1. The summed E-state index contributed by atoms with van der Waals surface area (Å²) in [4.78, 5) is 17.9. The molecule has 25 heavy (non-hydrogen) atoms. The van der Waals surface area contributed by atoms with Crippen LogP contribution < -0.4 is 4.90 Å². The fraction of sp³-hybridized carbons (Fsp3) is 0.176. The highest BCUT2D eigenvalue weighted by Crippen LogP contribution is 2.23. The lowest BCUT2D eigenvalue weighted by Gasteiger charge is -2.29. The summed E-state index contributed by atoms with van der Waals surface area (Å²) in [5.41, 5.74) is 2.79. The number of nitrogens with zero attached hydrogens (tertiary/aromatic N) is 5. The SMILES string of the molecule is Clc1cncc(Cl)n1.Clc1cncc(N2CCc3ccccc3C2)n1. The Morgan fingerprint density at radius 3 is 1.96 bits per heavy atom. The van der Waals surface area contributed by atoms with Crippen LogP contribution >= 0.6 is 34.8 Å². The first kappa shape index (κ1) is 17.9. The number of anilines is 1. The van der Waals surface area contributed by atoms with Crippen LogP contribution in [0.4, 0.5) is 5.82 Å². The standard InChI is InChI=1S/C13H12ClN3.C4H2Cl2N2/c14-12-7-15-8-13(16-12)17-6-5-10-3-1-2-4-11(10)9-17;5-3-1-7-2-4(6)8-3/h1-4,7-8H,5-6,9H2;1-2H. The molecule has 0 atom stereocenters. The Morgan fingerprint density at radius 1 is 0.760 bits per heavy atom. The van der Waals surface area contributed by atoms with Crippen molar-refractivity contribution in [2.24, 2.45) is 0 Å². The maximum absolute atomic E-state index is 5.86. The molecule has 0 saturated carbocycles. The van der Waals surface area contributed by atoms with Gasteiger partial charge in [-0.05, 0) is 17.5 Å². The molecule has 8 heteroatoms. The summed E-state index contributed by atoms with van der Waals surface area (Å²) in [6, 6.07) is 8.52. The van der Waals surface area contributed by atoms with Gasteiger partial charge in [0.2, 0.25) is 0 Å². The highest BCUT2D eigenvalue weighted by Gasteiger charge is 2.17. The molecule has 128 valence electrons. The summed E-state index contributed by atoms with van der Waals surface area (Å²) >= 11 is 16.6. The van der Waals surface area contributed by atoms with Crippen LogP contribution in [0, 0.1) is 0 Å². The maximum atomic E-state index is 5.86. The van der Waals surface area contributed by atoms with Crippen molar-refractivity contribution in [3.8, 4) is 0 Å². The van der Waals surface area contributed by atoms with Gasteiger partial charge in [0, 0.05) is 13.1 Å². The average molecular weight is 395 g/mol. The summed E-state index contributed by atoms with van der Waals surface area (Å²) in [5, 5.41) is 1.08. The molecule has 0 saturated heterocycles. The van der Waals surface area contributed by atoms with Crippen LogP contribution in [0.25, 0.3) is 0 Å². The van der Waals surface area contributed by atoms with Crippen molar-refractivity contribution in [1.29, 1.82) is 0 Å². The number of rotatable bonds is 1. The van der Waals surface area contributed by atoms with E-state index < -0.39 is 0 Å². The third-order valence-electron chi connectivity index (χ3n) is 3.62. The van der Waals surface area contributed by atoms with E-state index >= 15 is 0 Å². The number of fused-ring (bicyclic) bond motifs is 1. The normalized spacial score (nSPS) is 12.8. The molecule has 1 aliphatic heterocycles. The molecule has 0 amide bonds. The van der Waals surface area contributed by atoms with Gasteiger partial charge in [-0.2, -0.15) is 0 Å². The minimum Gasteiger partial charge on any atom is -0.351 e. The third-order valence-corrected chi connectivity index (χ3v) is 4.17. The molecule has 2 aromatic heterocycles. The summed E-state index contributed by atoms with van der Waals surface area (Å²) in [5.74, 6) is 0.854. The van der Waals surface area contributed by atoms with Crippen molar-refractivity contribution in [3.63, 3.8) is 0 Å². The molecule has 0 N–H and O–H groups in total. The van der Waals surface area contributed by atoms with Gasteiger partial charge in [-0.3, -0.25) is 9.97 Å². The van der Waals surface area contributed by atoms with E-state index in [0.717, 1.165) is 25.3 Å². The van der Waals surface area contributed by atoms with Crippen LogP contribution in [0.1, 0.15) is 11.1 Å². The molecular weight excluding hydrogens is 381 g/mol. The molecular formula is C17H14Cl3N5. The van der Waals surface area contributed by atoms with E-state index in [1.165, 1.54) is 23.5 Å². The highest BCUT2D eigenvalue weighted by atomic mass is 35.5. The summed E-state index contributed by atoms with van der Waals surface area (Å²) < 4.78 is 0. The predicted octanol–water partition coefficient (Wildman–Crippen LogP) is 4.48. The number of benzene rings is 1. The smallest absolute Gasteiger partial charge is 0.149 e. The van der Waals surface area contributed by atoms with Gasteiger partial charge in [-0.15, -0.1) is 0 Å². The second-order valence-corrected chi connectivity index (χ2v) is 6.47. The first-order valence-electron chi connectivity index (χ1n) is 7.54. The van der Waals surface area contributed by atoms with Crippen LogP contribution in [-0.2, 0) is 13.0 Å². The largest absolute Gasteiger partial charge is 0.351 e. The van der Waals surface area contributed by atoms with Crippen LogP contribution in [0.3, 0.4) is 0 Å². The van der Waals surface area contributed by atoms with Crippen LogP contribution in [0.5, 0.6) is 0 Å². The lowest BCUT2D eigenvalue weighted by molar-refractivity contribution is 0.718. The van der Waals surface area contributed by atoms with Gasteiger partial charge in [0.15, 0.2) is 0 Å². The number of halogens is 3. The number of hydrogen-bond acceptors (Lipinski definition) is 5. The number of hydrogen-bond donors (Lipinski definition) is 0. The van der Waals surface area contributed by atoms with Crippen LogP contribution in [0.15, 0.2) is 49.1 Å². The molecule has 1 aromatic carbocycles. The van der Waals surface area contributed by atoms with Gasteiger partial charge in [0.25, 0.3) is 0 Å². The zero-order chi connectivity index (χ0) is 17.6. The zero-order valence-electron chi connectivity index (χ0n) is 13.1. The van der Waals surface area contributed by atoms with Gasteiger partial charge in [-0.25, -0.2) is 9.97 Å². The minimum atomic E-state index is 0.317. The molecule has 0 bridgehead atoms. The fourth-order valence-electron chi connectivity index (χ4n) is 2.50. The molecule has 0 unspecified atom stereocenters. The molecule has 3 heterocycles. The Morgan fingerprint density at radius 2 is 1.36 bits per heavy atom. The molecule has 0 radical (unpaired) electrons. The Bertz CT molecular complexity index is 842. The molecule has 3 aromatic rings. The van der Waals surface area contributed by atoms with Crippen molar-refractivity contribution < 1.29 is 0 Å². The lowest BCUT2D eigenvalue weighted by Crippen LogP contribution is -2.31. The Hall–Kier alpha value is -1.95. The van der Waals surface area contributed by atoms with Gasteiger partial charge in [0.1, 0.15) is 21.3 Å². The second-order valence-electron chi connectivity index (χ2n) is 5.30. The molecule has 5 nitrogen and oxygen atoms in total. The monoisotopic (exact) mass is 393 g/mol. The van der Waals surface area contributed by atoms with E-state index in [0.29, 0.717) is 15.5 Å². The summed E-state index contributed by atoms with van der Waals surface area (Å²) in [7, 11) is 0. The van der Waals surface area contributed by atoms with E-state index in [-0.39, 0.29) is 0 Å². The Labute approximate surface area is 160 Å². The highest BCUT2D eigenvalue weighted by molar-refractivity contribution is 6.32. The quantitative estimate of drug-likeness (QED) is 0.609. The van der Waals surface area contributed by atoms with E-state index in [1.54, 1.807) is 12.4 Å². The third kappa shape index (κ3) is 5.01. The minimum absolute atomic E-state index is 0.317. The zero-order valence-corrected chi connectivity index (χ0v) is 15.4. The van der Waals surface area contributed by atoms with Crippen molar-refractivity contribution in [1.82, 2.24) is 19.9 Å². The van der Waals surface area contributed by atoms with E-state index in [1.807, 2.05) is 0 Å². The van der Waals surface area contributed by atoms with Gasteiger partial charge < -0.3 is 4.90 Å². The van der Waals surface area contributed by atoms with E-state index in [2.05, 4.69) is 49.1 Å². The molecule has 1 aliphatic rings. The predicted molar refractivity (Wildman–Crippen MR) is 100 cm³/mol. The molecule has 0 spiro atoms. The Kier molecular flexibility index (Phi) is 6.02. The van der Waals surface area contributed by atoms with Crippen LogP contribution in [0.2, 0.25) is 15.5 Å². The lowest BCUT2D eigenvalue weighted by atomic mass is 10.0. The van der Waals surface area contributed by atoms with Crippen molar-refractivity contribution in [3.05, 3.63) is 75.6 Å².